The molecule has 0 aromatic rings. The molecule has 0 saturated carbocycles. The van der Waals surface area contributed by atoms with Crippen molar-refractivity contribution in [2.45, 2.75) is 45.7 Å². The van der Waals surface area contributed by atoms with E-state index in [1.165, 1.54) is 0 Å². The molecule has 3 unspecified atom stereocenters. The highest BCUT2D eigenvalue weighted by Crippen LogP contribution is 2.15. The van der Waals surface area contributed by atoms with Gasteiger partial charge in [0.2, 0.25) is 5.91 Å². The van der Waals surface area contributed by atoms with Crippen LogP contribution in [0.2, 0.25) is 0 Å². The topological polar surface area (TPSA) is 50.4 Å². The van der Waals surface area contributed by atoms with Gasteiger partial charge < -0.3 is 15.4 Å². The Bertz CT molecular complexity index is 215. The van der Waals surface area contributed by atoms with Crippen molar-refractivity contribution in [1.29, 1.82) is 0 Å². The molecule has 1 rings (SSSR count). The molecule has 1 aliphatic rings. The summed E-state index contributed by atoms with van der Waals surface area (Å²) in [7, 11) is 0. The number of ether oxygens (including phenoxy) is 1. The SMILES string of the molecule is CCC(C)NCC(=O)NC(C)C1CCOC1. The molecule has 1 aliphatic heterocycles. The third-order valence-electron chi connectivity index (χ3n) is 3.28. The largest absolute Gasteiger partial charge is 0.381 e. The van der Waals surface area contributed by atoms with Gasteiger partial charge in [-0.2, -0.15) is 0 Å². The molecule has 0 aliphatic carbocycles. The first-order valence-corrected chi connectivity index (χ1v) is 6.24. The van der Waals surface area contributed by atoms with E-state index in [0.717, 1.165) is 26.1 Å². The normalized spacial score (nSPS) is 24.1. The fourth-order valence-corrected chi connectivity index (χ4v) is 1.78. The molecule has 0 radical (unpaired) electrons. The molecule has 4 nitrogen and oxygen atoms in total. The minimum Gasteiger partial charge on any atom is -0.381 e. The fraction of sp³-hybridized carbons (Fsp3) is 0.917. The summed E-state index contributed by atoms with van der Waals surface area (Å²) < 4.78 is 5.31. The summed E-state index contributed by atoms with van der Waals surface area (Å²) in [4.78, 5) is 11.6. The van der Waals surface area contributed by atoms with Crippen LogP contribution in [0.3, 0.4) is 0 Å². The highest BCUT2D eigenvalue weighted by Gasteiger charge is 2.23. The van der Waals surface area contributed by atoms with Crippen LogP contribution < -0.4 is 10.6 Å². The summed E-state index contributed by atoms with van der Waals surface area (Å²) in [5.41, 5.74) is 0. The highest BCUT2D eigenvalue weighted by molar-refractivity contribution is 5.78. The van der Waals surface area contributed by atoms with Crippen LogP contribution in [-0.2, 0) is 9.53 Å². The molecule has 16 heavy (non-hydrogen) atoms. The van der Waals surface area contributed by atoms with Gasteiger partial charge in [-0.1, -0.05) is 6.92 Å². The average molecular weight is 228 g/mol. The third kappa shape index (κ3) is 4.49. The van der Waals surface area contributed by atoms with Gasteiger partial charge in [-0.25, -0.2) is 0 Å². The maximum Gasteiger partial charge on any atom is 0.234 e. The zero-order valence-corrected chi connectivity index (χ0v) is 10.6. The van der Waals surface area contributed by atoms with Gasteiger partial charge in [-0.3, -0.25) is 4.79 Å². The molecule has 1 fully saturated rings. The predicted molar refractivity (Wildman–Crippen MR) is 64.3 cm³/mol. The second-order valence-corrected chi connectivity index (χ2v) is 4.67. The molecule has 2 N–H and O–H groups in total. The average Bonchev–Trinajstić information content (AvgIpc) is 2.79. The standard InChI is InChI=1S/C12H24N2O2/c1-4-9(2)13-7-12(15)14-10(3)11-5-6-16-8-11/h9-11,13H,4-8H2,1-3H3,(H,14,15). The Balaban J connectivity index is 2.17. The Morgan fingerprint density at radius 3 is 2.81 bits per heavy atom. The zero-order chi connectivity index (χ0) is 12.0. The zero-order valence-electron chi connectivity index (χ0n) is 10.6. The van der Waals surface area contributed by atoms with Gasteiger partial charge in [0.1, 0.15) is 0 Å². The quantitative estimate of drug-likeness (QED) is 0.710. The van der Waals surface area contributed by atoms with Crippen LogP contribution in [0.5, 0.6) is 0 Å². The fourth-order valence-electron chi connectivity index (χ4n) is 1.78. The highest BCUT2D eigenvalue weighted by atomic mass is 16.5. The Morgan fingerprint density at radius 2 is 2.25 bits per heavy atom. The smallest absolute Gasteiger partial charge is 0.234 e. The molecular weight excluding hydrogens is 204 g/mol. The van der Waals surface area contributed by atoms with Crippen LogP contribution >= 0.6 is 0 Å². The maximum atomic E-state index is 11.6. The second-order valence-electron chi connectivity index (χ2n) is 4.67. The Hall–Kier alpha value is -0.610. The molecule has 4 heteroatoms. The number of hydrogen-bond donors (Lipinski definition) is 2. The lowest BCUT2D eigenvalue weighted by molar-refractivity contribution is -0.121. The van der Waals surface area contributed by atoms with E-state index >= 15 is 0 Å². The molecule has 1 amide bonds. The molecular formula is C12H24N2O2. The molecule has 0 aromatic heterocycles. The molecule has 0 aromatic carbocycles. The van der Waals surface area contributed by atoms with Gasteiger partial charge in [0.25, 0.3) is 0 Å². The molecule has 1 saturated heterocycles. The van der Waals surface area contributed by atoms with Crippen LogP contribution in [0, 0.1) is 5.92 Å². The Labute approximate surface area is 98.1 Å². The van der Waals surface area contributed by atoms with E-state index in [1.54, 1.807) is 0 Å². The van der Waals surface area contributed by atoms with Crippen molar-refractivity contribution < 1.29 is 9.53 Å². The molecule has 0 bridgehead atoms. The van der Waals surface area contributed by atoms with E-state index in [4.69, 9.17) is 4.74 Å². The first kappa shape index (κ1) is 13.5. The second kappa shape index (κ2) is 6.86. The van der Waals surface area contributed by atoms with Gasteiger partial charge >= 0.3 is 0 Å². The summed E-state index contributed by atoms with van der Waals surface area (Å²) in [5, 5.41) is 6.20. The van der Waals surface area contributed by atoms with Crippen molar-refractivity contribution in [2.75, 3.05) is 19.8 Å². The van der Waals surface area contributed by atoms with Crippen LogP contribution in [0.25, 0.3) is 0 Å². The van der Waals surface area contributed by atoms with Crippen molar-refractivity contribution in [1.82, 2.24) is 10.6 Å². The van der Waals surface area contributed by atoms with E-state index in [9.17, 15) is 4.79 Å². The minimum absolute atomic E-state index is 0.0831. The van der Waals surface area contributed by atoms with E-state index in [0.29, 0.717) is 18.5 Å². The van der Waals surface area contributed by atoms with E-state index in [2.05, 4.69) is 31.4 Å². The third-order valence-corrected chi connectivity index (χ3v) is 3.28. The maximum absolute atomic E-state index is 11.6. The number of carbonyl (C=O) groups is 1. The summed E-state index contributed by atoms with van der Waals surface area (Å²) in [5.74, 6) is 0.562. The van der Waals surface area contributed by atoms with E-state index in [-0.39, 0.29) is 11.9 Å². The van der Waals surface area contributed by atoms with Crippen molar-refractivity contribution in [2.24, 2.45) is 5.92 Å². The van der Waals surface area contributed by atoms with Crippen molar-refractivity contribution in [3.8, 4) is 0 Å². The molecule has 3 atom stereocenters. The molecule has 1 heterocycles. The molecule has 94 valence electrons. The number of nitrogens with one attached hydrogen (secondary N) is 2. The summed E-state index contributed by atoms with van der Waals surface area (Å²) in [6.45, 7) is 8.26. The predicted octanol–water partition coefficient (Wildman–Crippen LogP) is 0.916. The van der Waals surface area contributed by atoms with Gasteiger partial charge in [0.05, 0.1) is 13.2 Å². The van der Waals surface area contributed by atoms with Crippen LogP contribution in [-0.4, -0.2) is 37.7 Å². The monoisotopic (exact) mass is 228 g/mol. The Morgan fingerprint density at radius 1 is 1.50 bits per heavy atom. The van der Waals surface area contributed by atoms with Crippen LogP contribution in [0.15, 0.2) is 0 Å². The summed E-state index contributed by atoms with van der Waals surface area (Å²) >= 11 is 0. The number of hydrogen-bond acceptors (Lipinski definition) is 3. The van der Waals surface area contributed by atoms with Gasteiger partial charge in [0.15, 0.2) is 0 Å². The first-order chi connectivity index (χ1) is 7.63. The van der Waals surface area contributed by atoms with Gasteiger partial charge in [-0.05, 0) is 26.7 Å². The van der Waals surface area contributed by atoms with Crippen LogP contribution in [0.4, 0.5) is 0 Å². The lowest BCUT2D eigenvalue weighted by atomic mass is 10.0. The van der Waals surface area contributed by atoms with E-state index in [1.807, 2.05) is 0 Å². The summed E-state index contributed by atoms with van der Waals surface area (Å²) in [6, 6.07) is 0.615. The van der Waals surface area contributed by atoms with E-state index < -0.39 is 0 Å². The number of amides is 1. The molecule has 0 spiro atoms. The van der Waals surface area contributed by atoms with Gasteiger partial charge in [0, 0.05) is 24.6 Å². The van der Waals surface area contributed by atoms with Crippen molar-refractivity contribution >= 4 is 5.91 Å². The first-order valence-electron chi connectivity index (χ1n) is 6.24. The van der Waals surface area contributed by atoms with Gasteiger partial charge in [-0.15, -0.1) is 0 Å². The number of carbonyl (C=O) groups excluding carboxylic acids is 1. The van der Waals surface area contributed by atoms with Crippen LogP contribution in [0.1, 0.15) is 33.6 Å². The lowest BCUT2D eigenvalue weighted by Gasteiger charge is -2.20. The van der Waals surface area contributed by atoms with Crippen molar-refractivity contribution in [3.63, 3.8) is 0 Å². The Kier molecular flexibility index (Phi) is 5.77. The summed E-state index contributed by atoms with van der Waals surface area (Å²) in [6.07, 6.45) is 2.10. The van der Waals surface area contributed by atoms with Crippen molar-refractivity contribution in [3.05, 3.63) is 0 Å². The minimum atomic E-state index is 0.0831. The number of rotatable bonds is 6. The lowest BCUT2D eigenvalue weighted by Crippen LogP contribution is -2.44.